The Labute approximate surface area is 135 Å². The van der Waals surface area contributed by atoms with E-state index in [1.807, 2.05) is 31.2 Å². The van der Waals surface area contributed by atoms with Gasteiger partial charge in [0.05, 0.1) is 0 Å². The molecule has 0 aliphatic carbocycles. The van der Waals surface area contributed by atoms with Gasteiger partial charge in [-0.15, -0.1) is 12.4 Å². The molecule has 1 amide bonds. The minimum absolute atomic E-state index is 0. The number of nitrogens with one attached hydrogen (secondary N) is 2. The summed E-state index contributed by atoms with van der Waals surface area (Å²) in [5, 5.41) is 6.04. The quantitative estimate of drug-likeness (QED) is 0.887. The first-order valence-corrected chi connectivity index (χ1v) is 6.88. The molecule has 2 N–H and O–H groups in total. The summed E-state index contributed by atoms with van der Waals surface area (Å²) in [5.74, 6) is -0.284. The highest BCUT2D eigenvalue weighted by molar-refractivity contribution is 6.04. The molecule has 0 saturated carbocycles. The first kappa shape index (κ1) is 17.9. The van der Waals surface area contributed by atoms with E-state index in [2.05, 4.69) is 10.6 Å². The van der Waals surface area contributed by atoms with Crippen LogP contribution in [0.15, 0.2) is 47.4 Å². The maximum Gasteiger partial charge on any atom is 0.255 e. The monoisotopic (exact) mass is 321 g/mol. The lowest BCUT2D eigenvalue weighted by Crippen LogP contribution is -2.20. The van der Waals surface area contributed by atoms with Gasteiger partial charge in [-0.25, -0.2) is 0 Å². The van der Waals surface area contributed by atoms with Crippen LogP contribution in [0.3, 0.4) is 0 Å². The van der Waals surface area contributed by atoms with Crippen molar-refractivity contribution in [2.75, 3.05) is 11.9 Å². The van der Waals surface area contributed by atoms with Crippen molar-refractivity contribution in [3.05, 3.63) is 64.1 Å². The van der Waals surface area contributed by atoms with Crippen LogP contribution in [0, 0.1) is 0 Å². The summed E-state index contributed by atoms with van der Waals surface area (Å²) < 4.78 is 1.42. The minimum atomic E-state index is -0.284. The van der Waals surface area contributed by atoms with Crippen molar-refractivity contribution in [1.29, 1.82) is 0 Å². The van der Waals surface area contributed by atoms with Gasteiger partial charge in [0.1, 0.15) is 0 Å². The average molecular weight is 322 g/mol. The molecule has 1 aromatic heterocycles. The highest BCUT2D eigenvalue weighted by Gasteiger charge is 2.07. The van der Waals surface area contributed by atoms with Crippen molar-refractivity contribution in [3.63, 3.8) is 0 Å². The lowest BCUT2D eigenvalue weighted by atomic mass is 10.2. The van der Waals surface area contributed by atoms with Crippen LogP contribution in [0.25, 0.3) is 0 Å². The van der Waals surface area contributed by atoms with Crippen LogP contribution in [-0.4, -0.2) is 17.0 Å². The normalized spacial score (nSPS) is 9.91. The van der Waals surface area contributed by atoms with Gasteiger partial charge in [0.2, 0.25) is 0 Å². The van der Waals surface area contributed by atoms with E-state index >= 15 is 0 Å². The van der Waals surface area contributed by atoms with Gasteiger partial charge >= 0.3 is 0 Å². The third-order valence-electron chi connectivity index (χ3n) is 3.13. The van der Waals surface area contributed by atoms with Crippen molar-refractivity contribution in [2.24, 2.45) is 7.05 Å². The van der Waals surface area contributed by atoms with E-state index in [9.17, 15) is 9.59 Å². The number of carbonyl (C=O) groups excluding carboxylic acids is 1. The summed E-state index contributed by atoms with van der Waals surface area (Å²) in [7, 11) is 1.65. The van der Waals surface area contributed by atoms with E-state index in [0.717, 1.165) is 24.3 Å². The molecule has 0 unspecified atom stereocenters. The molecule has 0 radical (unpaired) electrons. The fourth-order valence-corrected chi connectivity index (χ4v) is 1.92. The molecule has 0 aliphatic rings. The summed E-state index contributed by atoms with van der Waals surface area (Å²) in [4.78, 5) is 23.7. The number of benzene rings is 1. The molecule has 0 atom stereocenters. The Morgan fingerprint density at radius 1 is 1.23 bits per heavy atom. The molecular weight excluding hydrogens is 302 g/mol. The van der Waals surface area contributed by atoms with Gasteiger partial charge in [-0.05, 0) is 30.3 Å². The first-order valence-electron chi connectivity index (χ1n) is 6.88. The summed E-state index contributed by atoms with van der Waals surface area (Å²) in [6.07, 6.45) is 1.58. The van der Waals surface area contributed by atoms with E-state index < -0.39 is 0 Å². The van der Waals surface area contributed by atoms with Crippen molar-refractivity contribution >= 4 is 24.0 Å². The second-order valence-corrected chi connectivity index (χ2v) is 4.80. The SMILES string of the molecule is CCNCc1cccc(NC(=O)c2ccn(C)c(=O)c2)c1.Cl. The minimum Gasteiger partial charge on any atom is -0.322 e. The summed E-state index contributed by atoms with van der Waals surface area (Å²) in [6.45, 7) is 3.69. The number of hydrogen-bond donors (Lipinski definition) is 2. The van der Waals surface area contributed by atoms with Crippen LogP contribution in [0.2, 0.25) is 0 Å². The molecule has 0 fully saturated rings. The molecule has 2 rings (SSSR count). The second kappa shape index (κ2) is 8.36. The fourth-order valence-electron chi connectivity index (χ4n) is 1.92. The molecule has 0 aliphatic heterocycles. The molecule has 2 aromatic rings. The molecule has 22 heavy (non-hydrogen) atoms. The summed E-state index contributed by atoms with van der Waals surface area (Å²) in [6, 6.07) is 10.6. The summed E-state index contributed by atoms with van der Waals surface area (Å²) >= 11 is 0. The number of aryl methyl sites for hydroxylation is 1. The Balaban J connectivity index is 0.00000242. The molecule has 0 bridgehead atoms. The van der Waals surface area contributed by atoms with Gasteiger partial charge in [0.25, 0.3) is 11.5 Å². The predicted molar refractivity (Wildman–Crippen MR) is 90.7 cm³/mol. The molecule has 1 heterocycles. The molecule has 5 nitrogen and oxygen atoms in total. The van der Waals surface area contributed by atoms with Gasteiger partial charge in [-0.1, -0.05) is 19.1 Å². The van der Waals surface area contributed by atoms with Crippen LogP contribution in [0.5, 0.6) is 0 Å². The maximum absolute atomic E-state index is 12.1. The van der Waals surface area contributed by atoms with Gasteiger partial charge in [0.15, 0.2) is 0 Å². The largest absolute Gasteiger partial charge is 0.322 e. The molecule has 0 spiro atoms. The van der Waals surface area contributed by atoms with E-state index in [0.29, 0.717) is 5.56 Å². The van der Waals surface area contributed by atoms with E-state index in [1.165, 1.54) is 10.6 Å². The predicted octanol–water partition coefficient (Wildman–Crippen LogP) is 2.17. The lowest BCUT2D eigenvalue weighted by molar-refractivity contribution is 0.102. The van der Waals surface area contributed by atoms with Crippen molar-refractivity contribution in [2.45, 2.75) is 13.5 Å². The second-order valence-electron chi connectivity index (χ2n) is 4.80. The van der Waals surface area contributed by atoms with Crippen molar-refractivity contribution in [3.8, 4) is 0 Å². The summed E-state index contributed by atoms with van der Waals surface area (Å²) in [5.41, 5.74) is 1.97. The Morgan fingerprint density at radius 2 is 2.00 bits per heavy atom. The number of amides is 1. The van der Waals surface area contributed by atoms with Crippen LogP contribution in [0.4, 0.5) is 5.69 Å². The topological polar surface area (TPSA) is 63.1 Å². The zero-order valence-corrected chi connectivity index (χ0v) is 13.4. The number of hydrogen-bond acceptors (Lipinski definition) is 3. The number of nitrogens with zero attached hydrogens (tertiary/aromatic N) is 1. The maximum atomic E-state index is 12.1. The highest BCUT2D eigenvalue weighted by atomic mass is 35.5. The third-order valence-corrected chi connectivity index (χ3v) is 3.13. The number of rotatable bonds is 5. The van der Waals surface area contributed by atoms with Gasteiger partial charge in [-0.3, -0.25) is 9.59 Å². The lowest BCUT2D eigenvalue weighted by Gasteiger charge is -2.08. The van der Waals surface area contributed by atoms with Gasteiger partial charge < -0.3 is 15.2 Å². The van der Waals surface area contributed by atoms with Crippen LogP contribution < -0.4 is 16.2 Å². The zero-order chi connectivity index (χ0) is 15.2. The van der Waals surface area contributed by atoms with Crippen LogP contribution in [-0.2, 0) is 13.6 Å². The third kappa shape index (κ3) is 4.72. The number of carbonyl (C=O) groups is 1. The zero-order valence-electron chi connectivity index (χ0n) is 12.6. The van der Waals surface area contributed by atoms with Crippen molar-refractivity contribution < 1.29 is 4.79 Å². The number of pyridine rings is 1. The number of halogens is 1. The molecule has 0 saturated heterocycles. The van der Waals surface area contributed by atoms with Crippen molar-refractivity contribution in [1.82, 2.24) is 9.88 Å². The Bertz CT molecular complexity index is 698. The van der Waals surface area contributed by atoms with E-state index in [-0.39, 0.29) is 23.9 Å². The molecule has 1 aromatic carbocycles. The van der Waals surface area contributed by atoms with Gasteiger partial charge in [-0.2, -0.15) is 0 Å². The fraction of sp³-hybridized carbons (Fsp3) is 0.250. The van der Waals surface area contributed by atoms with Crippen LogP contribution in [0.1, 0.15) is 22.8 Å². The molecular formula is C16H20ClN3O2. The standard InChI is InChI=1S/C16H19N3O2.ClH/c1-3-17-11-12-5-4-6-14(9-12)18-16(21)13-7-8-19(2)15(20)10-13;/h4-10,17H,3,11H2,1-2H3,(H,18,21);1H. The Morgan fingerprint density at radius 3 is 2.68 bits per heavy atom. The first-order chi connectivity index (χ1) is 10.1. The number of anilines is 1. The van der Waals surface area contributed by atoms with E-state index in [4.69, 9.17) is 0 Å². The van der Waals surface area contributed by atoms with Crippen LogP contribution >= 0.6 is 12.4 Å². The highest BCUT2D eigenvalue weighted by Crippen LogP contribution is 2.12. The molecule has 6 heteroatoms. The Kier molecular flexibility index (Phi) is 6.82. The molecule has 118 valence electrons. The average Bonchev–Trinajstić information content (AvgIpc) is 2.48. The van der Waals surface area contributed by atoms with Gasteiger partial charge in [0, 0.05) is 37.1 Å². The smallest absolute Gasteiger partial charge is 0.255 e. The van der Waals surface area contributed by atoms with E-state index in [1.54, 1.807) is 19.3 Å². The Hall–Kier alpha value is -2.11. The number of aromatic nitrogens is 1.